The van der Waals surface area contributed by atoms with Gasteiger partial charge in [0, 0.05) is 38.7 Å². The first-order valence-corrected chi connectivity index (χ1v) is 11.7. The minimum Gasteiger partial charge on any atom is -0.504 e. The number of hydrogen-bond acceptors (Lipinski definition) is 6. The summed E-state index contributed by atoms with van der Waals surface area (Å²) in [4.78, 5) is 27.5. The maximum Gasteiger partial charge on any atom is 0.302 e. The maximum absolute atomic E-state index is 12.8. The Morgan fingerprint density at radius 3 is 2.61 bits per heavy atom. The molecule has 2 aromatic rings. The minimum absolute atomic E-state index is 0.0578. The van der Waals surface area contributed by atoms with Crippen molar-refractivity contribution >= 4 is 11.8 Å². The number of aromatic nitrogens is 1. The van der Waals surface area contributed by atoms with Crippen molar-refractivity contribution in [1.29, 1.82) is 0 Å². The summed E-state index contributed by atoms with van der Waals surface area (Å²) in [6.45, 7) is 4.13. The second-order valence-electron chi connectivity index (χ2n) is 8.57. The number of rotatable bonds is 15. The number of hydrogen-bond donors (Lipinski definition) is 3. The van der Waals surface area contributed by atoms with Crippen molar-refractivity contribution < 1.29 is 24.2 Å². The smallest absolute Gasteiger partial charge is 0.302 e. The lowest BCUT2D eigenvalue weighted by molar-refractivity contribution is -0.148. The van der Waals surface area contributed by atoms with E-state index >= 15 is 0 Å². The molecule has 182 valence electrons. The average molecular weight is 459 g/mol. The molecular formula is C26H38N2O5. The number of nitrogens with one attached hydrogen (secondary N) is 2. The van der Waals surface area contributed by atoms with Gasteiger partial charge in [-0.05, 0) is 73.5 Å². The van der Waals surface area contributed by atoms with Gasteiger partial charge in [-0.2, -0.15) is 0 Å². The Hall–Kier alpha value is -2.80. The molecule has 0 saturated heterocycles. The van der Waals surface area contributed by atoms with Gasteiger partial charge in [0.1, 0.15) is 11.9 Å². The van der Waals surface area contributed by atoms with Crippen molar-refractivity contribution in [2.24, 2.45) is 5.92 Å². The molecule has 0 amide bonds. The number of benzene rings is 1. The van der Waals surface area contributed by atoms with E-state index in [1.165, 1.54) is 19.6 Å². The maximum atomic E-state index is 12.8. The van der Waals surface area contributed by atoms with E-state index in [0.29, 0.717) is 37.5 Å². The molecule has 0 bridgehead atoms. The zero-order valence-corrected chi connectivity index (χ0v) is 20.3. The third kappa shape index (κ3) is 8.92. The number of methoxy groups -OCH3 is 1. The lowest BCUT2D eigenvalue weighted by Gasteiger charge is -2.20. The summed E-state index contributed by atoms with van der Waals surface area (Å²) in [5.41, 5.74) is 3.15. The molecule has 1 aromatic carbocycles. The highest BCUT2D eigenvalue weighted by molar-refractivity contribution is 5.79. The summed E-state index contributed by atoms with van der Waals surface area (Å²) < 4.78 is 10.7. The molecule has 1 aromatic heterocycles. The van der Waals surface area contributed by atoms with Gasteiger partial charge >= 0.3 is 5.97 Å². The number of carbonyl (C=O) groups is 2. The third-order valence-corrected chi connectivity index (χ3v) is 5.99. The number of ether oxygens (including phenoxy) is 2. The molecule has 0 spiro atoms. The number of phenols is 1. The second kappa shape index (κ2) is 13.7. The van der Waals surface area contributed by atoms with Crippen molar-refractivity contribution in [3.05, 3.63) is 47.3 Å². The van der Waals surface area contributed by atoms with Gasteiger partial charge in [0.05, 0.1) is 7.11 Å². The summed E-state index contributed by atoms with van der Waals surface area (Å²) in [7, 11) is 3.34. The molecular weight excluding hydrogens is 420 g/mol. The van der Waals surface area contributed by atoms with Crippen LogP contribution in [0.2, 0.25) is 0 Å². The fourth-order valence-electron chi connectivity index (χ4n) is 4.16. The number of esters is 1. The predicted octanol–water partition coefficient (Wildman–Crippen LogP) is 4.32. The van der Waals surface area contributed by atoms with E-state index in [4.69, 9.17) is 9.47 Å². The first kappa shape index (κ1) is 26.5. The van der Waals surface area contributed by atoms with E-state index in [1.807, 2.05) is 19.4 Å². The summed E-state index contributed by atoms with van der Waals surface area (Å²) in [5.74, 6) is 0.650. The third-order valence-electron chi connectivity index (χ3n) is 5.99. The lowest BCUT2D eigenvalue weighted by Crippen LogP contribution is -2.22. The topological polar surface area (TPSA) is 101 Å². The molecule has 7 heteroatoms. The van der Waals surface area contributed by atoms with Crippen LogP contribution in [0.25, 0.3) is 0 Å². The number of ketones is 1. The molecule has 0 aliphatic carbocycles. The van der Waals surface area contributed by atoms with Crippen LogP contribution < -0.4 is 10.1 Å². The summed E-state index contributed by atoms with van der Waals surface area (Å²) in [6, 6.07) is 5.54. The van der Waals surface area contributed by atoms with Crippen LogP contribution in [0, 0.1) is 5.92 Å². The zero-order valence-electron chi connectivity index (χ0n) is 20.3. The fraction of sp³-hybridized carbons (Fsp3) is 0.538. The van der Waals surface area contributed by atoms with E-state index < -0.39 is 6.10 Å². The molecule has 0 radical (unpaired) electrons. The van der Waals surface area contributed by atoms with E-state index in [1.54, 1.807) is 12.1 Å². The van der Waals surface area contributed by atoms with Crippen molar-refractivity contribution in [3.63, 3.8) is 0 Å². The number of aryl methyl sites for hydroxylation is 1. The van der Waals surface area contributed by atoms with Crippen LogP contribution in [0.3, 0.4) is 0 Å². The van der Waals surface area contributed by atoms with Crippen LogP contribution in [0.5, 0.6) is 11.5 Å². The van der Waals surface area contributed by atoms with Gasteiger partial charge in [0.2, 0.25) is 0 Å². The normalized spacial score (nSPS) is 12.8. The van der Waals surface area contributed by atoms with Crippen LogP contribution in [0.1, 0.15) is 62.6 Å². The molecule has 7 nitrogen and oxygen atoms in total. The first-order chi connectivity index (χ1) is 15.9. The Labute approximate surface area is 196 Å². The van der Waals surface area contributed by atoms with Gasteiger partial charge in [-0.15, -0.1) is 0 Å². The standard InChI is InChI=1S/C26H38N2O5/c1-5-19(12-20-10-11-28-16-20)6-9-24(33-18(2)29)15-23(30)8-7-21-14-26(32-4)25(31)13-22(21)17-27-3/h10-11,13-14,16,19,24,27-28,31H,5-9,12,15,17H2,1-4H3/t19-,24-/m1/s1. The quantitative estimate of drug-likeness (QED) is 0.344. The summed E-state index contributed by atoms with van der Waals surface area (Å²) in [5, 5.41) is 13.1. The van der Waals surface area contributed by atoms with E-state index in [9.17, 15) is 14.7 Å². The van der Waals surface area contributed by atoms with Crippen LogP contribution in [-0.2, 0) is 33.7 Å². The fourth-order valence-corrected chi connectivity index (χ4v) is 4.16. The Kier molecular flexibility index (Phi) is 11.0. The molecule has 2 atom stereocenters. The Morgan fingerprint density at radius 2 is 2.00 bits per heavy atom. The molecule has 0 saturated carbocycles. The molecule has 33 heavy (non-hydrogen) atoms. The van der Waals surface area contributed by atoms with Gasteiger partial charge in [0.15, 0.2) is 11.5 Å². The van der Waals surface area contributed by atoms with E-state index in [-0.39, 0.29) is 23.9 Å². The highest BCUT2D eigenvalue weighted by Crippen LogP contribution is 2.30. The number of Topliss-reactive ketones (excluding diaryl/α,β-unsaturated/α-hetero) is 1. The number of aromatic amines is 1. The number of aromatic hydroxyl groups is 1. The molecule has 3 N–H and O–H groups in total. The van der Waals surface area contributed by atoms with Gasteiger partial charge in [-0.1, -0.05) is 13.3 Å². The van der Waals surface area contributed by atoms with Gasteiger partial charge < -0.3 is 24.9 Å². The Morgan fingerprint density at radius 1 is 1.21 bits per heavy atom. The molecule has 0 unspecified atom stereocenters. The minimum atomic E-state index is -0.401. The molecule has 0 aliphatic rings. The molecule has 0 fully saturated rings. The lowest BCUT2D eigenvalue weighted by atomic mass is 9.91. The molecule has 1 heterocycles. The summed E-state index contributed by atoms with van der Waals surface area (Å²) >= 11 is 0. The average Bonchev–Trinajstić information content (AvgIpc) is 3.28. The highest BCUT2D eigenvalue weighted by atomic mass is 16.5. The largest absolute Gasteiger partial charge is 0.504 e. The number of H-pyrrole nitrogens is 1. The van der Waals surface area contributed by atoms with E-state index in [0.717, 1.165) is 30.4 Å². The van der Waals surface area contributed by atoms with Crippen LogP contribution in [0.15, 0.2) is 30.6 Å². The van der Waals surface area contributed by atoms with E-state index in [2.05, 4.69) is 23.3 Å². The monoisotopic (exact) mass is 458 g/mol. The molecule has 2 rings (SSSR count). The first-order valence-electron chi connectivity index (χ1n) is 11.7. The van der Waals surface area contributed by atoms with Gasteiger partial charge in [0.25, 0.3) is 0 Å². The SMILES string of the molecule is CC[C@H](CC[C@H](CC(=O)CCc1cc(OC)c(O)cc1CNC)OC(C)=O)Cc1cc[nH]c1. The summed E-state index contributed by atoms with van der Waals surface area (Å²) in [6.07, 6.45) is 8.19. The van der Waals surface area contributed by atoms with Crippen LogP contribution in [0.4, 0.5) is 0 Å². The highest BCUT2D eigenvalue weighted by Gasteiger charge is 2.20. The Balaban J connectivity index is 1.95. The van der Waals surface area contributed by atoms with Crippen LogP contribution >= 0.6 is 0 Å². The Bertz CT molecular complexity index is 879. The predicted molar refractivity (Wildman–Crippen MR) is 128 cm³/mol. The van der Waals surface area contributed by atoms with Crippen molar-refractivity contribution in [2.75, 3.05) is 14.2 Å². The van der Waals surface area contributed by atoms with Crippen LogP contribution in [-0.4, -0.2) is 42.1 Å². The van der Waals surface area contributed by atoms with Crippen molar-refractivity contribution in [1.82, 2.24) is 10.3 Å². The number of carbonyl (C=O) groups excluding carboxylic acids is 2. The number of phenolic OH excluding ortho intramolecular Hbond substituents is 1. The van der Waals surface area contributed by atoms with Crippen molar-refractivity contribution in [3.8, 4) is 11.5 Å². The van der Waals surface area contributed by atoms with Gasteiger partial charge in [-0.25, -0.2) is 0 Å². The van der Waals surface area contributed by atoms with Crippen molar-refractivity contribution in [2.45, 2.75) is 71.4 Å². The van der Waals surface area contributed by atoms with Gasteiger partial charge in [-0.3, -0.25) is 9.59 Å². The second-order valence-corrected chi connectivity index (χ2v) is 8.57. The molecule has 0 aliphatic heterocycles. The zero-order chi connectivity index (χ0) is 24.2.